The van der Waals surface area contributed by atoms with Gasteiger partial charge in [-0.3, -0.25) is 4.79 Å². The fraction of sp³-hybridized carbons (Fsp3) is 0.0625. The van der Waals surface area contributed by atoms with Gasteiger partial charge in [-0.15, -0.1) is 0 Å². The van der Waals surface area contributed by atoms with Crippen LogP contribution in [0.25, 0.3) is 39.4 Å². The Bertz CT molecular complexity index is 1640. The molecule has 5 aromatic rings. The van der Waals surface area contributed by atoms with Gasteiger partial charge in [-0.2, -0.15) is 13.2 Å². The molecular weight excluding hydrogens is 485 g/mol. The van der Waals surface area contributed by atoms with Gasteiger partial charge >= 0.3 is 6.18 Å². The second kappa shape index (κ2) is 10.3. The summed E-state index contributed by atoms with van der Waals surface area (Å²) in [7, 11) is 0. The van der Waals surface area contributed by atoms with E-state index in [0.29, 0.717) is 29.5 Å². The molecule has 188 valence electrons. The predicted octanol–water partition coefficient (Wildman–Crippen LogP) is 8.66. The molecule has 0 saturated carbocycles. The highest BCUT2D eigenvalue weighted by Crippen LogP contribution is 2.41. The molecule has 1 aromatic heterocycles. The van der Waals surface area contributed by atoms with Crippen LogP contribution < -0.4 is 5.32 Å². The van der Waals surface area contributed by atoms with Crippen molar-refractivity contribution in [3.8, 4) is 22.4 Å². The number of benzene rings is 4. The molecule has 0 bridgehead atoms. The number of anilines is 1. The smallest absolute Gasteiger partial charge is 0.381 e. The molecule has 6 heteroatoms. The summed E-state index contributed by atoms with van der Waals surface area (Å²) in [6.07, 6.45) is -2.16. The normalized spacial score (nSPS) is 11.3. The minimum absolute atomic E-state index is 0.195. The molecule has 0 amide bonds. The first-order valence-corrected chi connectivity index (χ1v) is 12.0. The van der Waals surface area contributed by atoms with Crippen LogP contribution in [0.5, 0.6) is 0 Å². The summed E-state index contributed by atoms with van der Waals surface area (Å²) in [6.45, 7) is 4.34. The summed E-state index contributed by atoms with van der Waals surface area (Å²) in [5.41, 5.74) is 3.81. The molecule has 5 rings (SSSR count). The summed E-state index contributed by atoms with van der Waals surface area (Å²) in [4.78, 5) is 16.9. The summed E-state index contributed by atoms with van der Waals surface area (Å²) < 4.78 is 42.1. The van der Waals surface area contributed by atoms with Crippen molar-refractivity contribution in [1.82, 2.24) is 4.98 Å². The van der Waals surface area contributed by atoms with Crippen LogP contribution in [-0.4, -0.2) is 11.3 Å². The summed E-state index contributed by atoms with van der Waals surface area (Å²) in [5.74, 6) is 0. The number of fused-ring (bicyclic) bond motifs is 1. The Hall–Kier alpha value is -4.71. The van der Waals surface area contributed by atoms with Crippen molar-refractivity contribution in [2.45, 2.75) is 12.7 Å². The molecule has 4 aromatic carbocycles. The molecule has 0 saturated heterocycles. The number of rotatable bonds is 7. The van der Waals surface area contributed by atoms with E-state index in [1.807, 2.05) is 42.5 Å². The summed E-state index contributed by atoms with van der Waals surface area (Å²) in [6, 6.07) is 28.0. The maximum Gasteiger partial charge on any atom is 0.418 e. The number of alkyl halides is 3. The Kier molecular flexibility index (Phi) is 6.79. The van der Waals surface area contributed by atoms with Gasteiger partial charge in [-0.25, -0.2) is 4.98 Å². The Balaban J connectivity index is 1.69. The molecule has 0 aliphatic rings. The van der Waals surface area contributed by atoms with Gasteiger partial charge in [0, 0.05) is 34.3 Å². The second-order valence-corrected chi connectivity index (χ2v) is 8.82. The van der Waals surface area contributed by atoms with E-state index in [0.717, 1.165) is 22.9 Å². The van der Waals surface area contributed by atoms with Crippen LogP contribution in [0.4, 0.5) is 18.9 Å². The highest BCUT2D eigenvalue weighted by molar-refractivity contribution is 6.08. The average molecular weight is 509 g/mol. The Morgan fingerprint density at radius 1 is 0.842 bits per heavy atom. The predicted molar refractivity (Wildman–Crippen MR) is 147 cm³/mol. The third-order valence-electron chi connectivity index (χ3n) is 6.36. The molecule has 1 N–H and O–H groups in total. The number of carbonyl (C=O) groups is 1. The van der Waals surface area contributed by atoms with E-state index in [1.165, 1.54) is 6.07 Å². The molecule has 0 radical (unpaired) electrons. The minimum atomic E-state index is -4.61. The van der Waals surface area contributed by atoms with Crippen molar-refractivity contribution in [2.75, 3.05) is 5.32 Å². The third kappa shape index (κ3) is 4.93. The number of hydrogen-bond donors (Lipinski definition) is 1. The zero-order valence-electron chi connectivity index (χ0n) is 20.3. The van der Waals surface area contributed by atoms with Gasteiger partial charge in [0.2, 0.25) is 0 Å². The molecule has 38 heavy (non-hydrogen) atoms. The maximum atomic E-state index is 14.0. The summed E-state index contributed by atoms with van der Waals surface area (Å²) >= 11 is 0. The van der Waals surface area contributed by atoms with E-state index in [1.54, 1.807) is 48.5 Å². The number of carbonyl (C=O) groups excluding carboxylic acids is 1. The van der Waals surface area contributed by atoms with Crippen LogP contribution in [0.3, 0.4) is 0 Å². The topological polar surface area (TPSA) is 42.0 Å². The number of aromatic nitrogens is 1. The van der Waals surface area contributed by atoms with Crippen molar-refractivity contribution in [3.05, 3.63) is 126 Å². The van der Waals surface area contributed by atoms with Crippen molar-refractivity contribution < 1.29 is 18.0 Å². The molecule has 0 aliphatic heterocycles. The number of nitrogens with one attached hydrogen (secondary N) is 1. The standard InChI is InChI=1S/C32H23F3N2O/c1-2-21-9-6-10-22(17-21)19-36-25-14-7-13-24(18-25)29-26-15-8-16-28(32(33,34)35)31(26)37-30(27(29)20-38)23-11-4-3-5-12-23/h2-18,20,36H,1,19H2. The van der Waals surface area contributed by atoms with Gasteiger partial charge in [-0.1, -0.05) is 91.5 Å². The number of halogens is 3. The first-order chi connectivity index (χ1) is 18.4. The number of hydrogen-bond acceptors (Lipinski definition) is 3. The molecule has 1 heterocycles. The van der Waals surface area contributed by atoms with Crippen molar-refractivity contribution in [1.29, 1.82) is 0 Å². The van der Waals surface area contributed by atoms with Crippen LogP contribution >= 0.6 is 0 Å². The van der Waals surface area contributed by atoms with Crippen LogP contribution in [0.2, 0.25) is 0 Å². The van der Waals surface area contributed by atoms with Crippen LogP contribution in [0, 0.1) is 0 Å². The highest BCUT2D eigenvalue weighted by Gasteiger charge is 2.34. The van der Waals surface area contributed by atoms with E-state index in [-0.39, 0.29) is 22.2 Å². The monoisotopic (exact) mass is 508 g/mol. The van der Waals surface area contributed by atoms with Crippen molar-refractivity contribution >= 4 is 29.0 Å². The van der Waals surface area contributed by atoms with E-state index in [2.05, 4.69) is 16.9 Å². The lowest BCUT2D eigenvalue weighted by atomic mass is 9.91. The second-order valence-electron chi connectivity index (χ2n) is 8.82. The molecule has 0 fully saturated rings. The van der Waals surface area contributed by atoms with E-state index < -0.39 is 11.7 Å². The van der Waals surface area contributed by atoms with Gasteiger partial charge in [0.1, 0.15) is 0 Å². The molecule has 3 nitrogen and oxygen atoms in total. The fourth-order valence-electron chi connectivity index (χ4n) is 4.59. The molecular formula is C32H23F3N2O. The first kappa shape index (κ1) is 25.0. The molecule has 0 aliphatic carbocycles. The van der Waals surface area contributed by atoms with Crippen LogP contribution in [-0.2, 0) is 12.7 Å². The van der Waals surface area contributed by atoms with Gasteiger partial charge < -0.3 is 5.32 Å². The largest absolute Gasteiger partial charge is 0.418 e. The Labute approximate surface area is 218 Å². The van der Waals surface area contributed by atoms with Crippen molar-refractivity contribution in [3.63, 3.8) is 0 Å². The van der Waals surface area contributed by atoms with Gasteiger partial charge in [0.15, 0.2) is 6.29 Å². The maximum absolute atomic E-state index is 14.0. The SMILES string of the molecule is C=Cc1cccc(CNc2cccc(-c3c(C=O)c(-c4ccccc4)nc4c(C(F)(F)F)cccc34)c2)c1. The molecule has 0 atom stereocenters. The number of aldehydes is 1. The minimum Gasteiger partial charge on any atom is -0.381 e. The highest BCUT2D eigenvalue weighted by atomic mass is 19.4. The van der Waals surface area contributed by atoms with E-state index in [9.17, 15) is 18.0 Å². The van der Waals surface area contributed by atoms with Gasteiger partial charge in [-0.05, 0) is 34.9 Å². The number of para-hydroxylation sites is 1. The fourth-order valence-corrected chi connectivity index (χ4v) is 4.59. The Morgan fingerprint density at radius 2 is 1.58 bits per heavy atom. The average Bonchev–Trinajstić information content (AvgIpc) is 2.95. The van der Waals surface area contributed by atoms with Crippen LogP contribution in [0.15, 0.2) is 104 Å². The third-order valence-corrected chi connectivity index (χ3v) is 6.36. The van der Waals surface area contributed by atoms with Gasteiger partial charge in [0.05, 0.1) is 16.8 Å². The molecule has 0 spiro atoms. The van der Waals surface area contributed by atoms with Crippen molar-refractivity contribution in [2.24, 2.45) is 0 Å². The number of pyridine rings is 1. The Morgan fingerprint density at radius 3 is 2.32 bits per heavy atom. The van der Waals surface area contributed by atoms with E-state index in [4.69, 9.17) is 0 Å². The zero-order valence-corrected chi connectivity index (χ0v) is 20.3. The van der Waals surface area contributed by atoms with Gasteiger partial charge in [0.25, 0.3) is 0 Å². The van der Waals surface area contributed by atoms with E-state index >= 15 is 0 Å². The lowest BCUT2D eigenvalue weighted by Gasteiger charge is -2.18. The number of nitrogens with zero attached hydrogens (tertiary/aromatic N) is 1. The lowest BCUT2D eigenvalue weighted by Crippen LogP contribution is -2.08. The molecule has 0 unspecified atom stereocenters. The first-order valence-electron chi connectivity index (χ1n) is 12.0. The van der Waals surface area contributed by atoms with Crippen LogP contribution in [0.1, 0.15) is 27.0 Å². The summed E-state index contributed by atoms with van der Waals surface area (Å²) in [5, 5.41) is 3.63. The quantitative estimate of drug-likeness (QED) is 0.224. The zero-order chi connectivity index (χ0) is 26.7. The lowest BCUT2D eigenvalue weighted by molar-refractivity contribution is -0.136.